The Bertz CT molecular complexity index is 987. The fourth-order valence-electron chi connectivity index (χ4n) is 3.27. The molecule has 0 saturated heterocycles. The summed E-state index contributed by atoms with van der Waals surface area (Å²) in [6, 6.07) is 31.7. The lowest BCUT2D eigenvalue weighted by atomic mass is 9.92. The van der Waals surface area contributed by atoms with Crippen LogP contribution in [-0.4, -0.2) is 7.11 Å². The Morgan fingerprint density at radius 1 is 0.500 bits per heavy atom. The molecule has 1 nitrogen and oxygen atoms in total. The van der Waals surface area contributed by atoms with E-state index in [4.69, 9.17) is 4.74 Å². The van der Waals surface area contributed by atoms with Gasteiger partial charge in [0.15, 0.2) is 0 Å². The Morgan fingerprint density at radius 2 is 1.08 bits per heavy atom. The lowest BCUT2D eigenvalue weighted by molar-refractivity contribution is 0.416. The molecular weight excluding hydrogens is 292 g/mol. The van der Waals surface area contributed by atoms with Gasteiger partial charge < -0.3 is 4.74 Å². The highest BCUT2D eigenvalue weighted by molar-refractivity contribution is 6.05. The van der Waals surface area contributed by atoms with Gasteiger partial charge in [-0.25, -0.2) is 0 Å². The summed E-state index contributed by atoms with van der Waals surface area (Å²) in [5.41, 5.74) is 4.81. The van der Waals surface area contributed by atoms with Crippen molar-refractivity contribution in [3.05, 3.63) is 91.0 Å². The summed E-state index contributed by atoms with van der Waals surface area (Å²) in [5, 5.41) is 2.50. The van der Waals surface area contributed by atoms with Crippen LogP contribution in [-0.2, 0) is 0 Å². The Morgan fingerprint density at radius 3 is 1.83 bits per heavy atom. The summed E-state index contributed by atoms with van der Waals surface area (Å²) in [7, 11) is 1.72. The minimum Gasteiger partial charge on any atom is -0.496 e. The second kappa shape index (κ2) is 6.21. The molecule has 0 aliphatic rings. The third-order valence-electron chi connectivity index (χ3n) is 4.41. The fourth-order valence-corrected chi connectivity index (χ4v) is 3.27. The second-order valence-electron chi connectivity index (χ2n) is 5.77. The first-order valence-electron chi connectivity index (χ1n) is 8.09. The smallest absolute Gasteiger partial charge is 0.126 e. The highest BCUT2D eigenvalue weighted by Crippen LogP contribution is 2.38. The quantitative estimate of drug-likeness (QED) is 0.439. The standard InChI is InChI=1S/C23H18O/c1-24-23-14-8-7-13-22(23)21-16-15-18(17-9-3-2-4-10-17)19-11-5-6-12-20(19)21/h2-16H,1H3. The molecule has 0 aliphatic carbocycles. The predicted octanol–water partition coefficient (Wildman–Crippen LogP) is 6.18. The van der Waals surface area contributed by atoms with Crippen molar-refractivity contribution in [2.75, 3.05) is 7.11 Å². The topological polar surface area (TPSA) is 9.23 Å². The van der Waals surface area contributed by atoms with Crippen LogP contribution in [0.2, 0.25) is 0 Å². The van der Waals surface area contributed by atoms with E-state index < -0.39 is 0 Å². The van der Waals surface area contributed by atoms with Gasteiger partial charge in [0.25, 0.3) is 0 Å². The normalized spacial score (nSPS) is 10.7. The van der Waals surface area contributed by atoms with E-state index in [-0.39, 0.29) is 0 Å². The van der Waals surface area contributed by atoms with Gasteiger partial charge in [-0.15, -0.1) is 0 Å². The minimum atomic E-state index is 0.898. The van der Waals surface area contributed by atoms with E-state index in [0.717, 1.165) is 11.3 Å². The predicted molar refractivity (Wildman–Crippen MR) is 101 cm³/mol. The highest BCUT2D eigenvalue weighted by Gasteiger charge is 2.11. The molecule has 0 radical (unpaired) electrons. The van der Waals surface area contributed by atoms with E-state index >= 15 is 0 Å². The Hall–Kier alpha value is -3.06. The van der Waals surface area contributed by atoms with E-state index in [2.05, 4.69) is 78.9 Å². The Labute approximate surface area is 142 Å². The number of hydrogen-bond acceptors (Lipinski definition) is 1. The van der Waals surface area contributed by atoms with Gasteiger partial charge in [-0.3, -0.25) is 0 Å². The van der Waals surface area contributed by atoms with Crippen molar-refractivity contribution in [2.45, 2.75) is 0 Å². The number of para-hydroxylation sites is 1. The van der Waals surface area contributed by atoms with E-state index in [0.29, 0.717) is 0 Å². The summed E-state index contributed by atoms with van der Waals surface area (Å²) in [5.74, 6) is 0.898. The number of hydrogen-bond donors (Lipinski definition) is 0. The average molecular weight is 310 g/mol. The van der Waals surface area contributed by atoms with Crippen LogP contribution in [0.4, 0.5) is 0 Å². The molecule has 0 fully saturated rings. The highest BCUT2D eigenvalue weighted by atomic mass is 16.5. The number of ether oxygens (including phenoxy) is 1. The zero-order chi connectivity index (χ0) is 16.4. The van der Waals surface area contributed by atoms with E-state index in [1.807, 2.05) is 12.1 Å². The molecule has 4 rings (SSSR count). The minimum absolute atomic E-state index is 0.898. The lowest BCUT2D eigenvalue weighted by Crippen LogP contribution is -1.90. The van der Waals surface area contributed by atoms with Crippen LogP contribution in [0.25, 0.3) is 33.0 Å². The zero-order valence-corrected chi connectivity index (χ0v) is 13.6. The summed E-state index contributed by atoms with van der Waals surface area (Å²) in [6.45, 7) is 0. The van der Waals surface area contributed by atoms with E-state index in [1.54, 1.807) is 7.11 Å². The molecule has 24 heavy (non-hydrogen) atoms. The van der Waals surface area contributed by atoms with Crippen molar-refractivity contribution < 1.29 is 4.74 Å². The molecule has 0 amide bonds. The van der Waals surface area contributed by atoms with Crippen molar-refractivity contribution in [3.8, 4) is 28.0 Å². The van der Waals surface area contributed by atoms with Crippen LogP contribution in [0.5, 0.6) is 5.75 Å². The van der Waals surface area contributed by atoms with Gasteiger partial charge in [0.05, 0.1) is 7.11 Å². The third-order valence-corrected chi connectivity index (χ3v) is 4.41. The molecule has 0 heterocycles. The van der Waals surface area contributed by atoms with Gasteiger partial charge in [-0.05, 0) is 33.5 Å². The molecule has 0 saturated carbocycles. The maximum atomic E-state index is 5.56. The molecule has 4 aromatic carbocycles. The van der Waals surface area contributed by atoms with Crippen molar-refractivity contribution in [1.82, 2.24) is 0 Å². The van der Waals surface area contributed by atoms with Crippen molar-refractivity contribution >= 4 is 10.8 Å². The first kappa shape index (κ1) is 14.5. The van der Waals surface area contributed by atoms with Crippen molar-refractivity contribution in [3.63, 3.8) is 0 Å². The van der Waals surface area contributed by atoms with Gasteiger partial charge in [0.1, 0.15) is 5.75 Å². The Kier molecular flexibility index (Phi) is 3.76. The summed E-state index contributed by atoms with van der Waals surface area (Å²) in [6.07, 6.45) is 0. The molecule has 0 unspecified atom stereocenters. The van der Waals surface area contributed by atoms with E-state index in [1.165, 1.54) is 27.5 Å². The summed E-state index contributed by atoms with van der Waals surface area (Å²) >= 11 is 0. The van der Waals surface area contributed by atoms with Crippen LogP contribution < -0.4 is 4.74 Å². The number of benzene rings is 4. The lowest BCUT2D eigenvalue weighted by Gasteiger charge is -2.14. The van der Waals surface area contributed by atoms with Crippen LogP contribution in [0.3, 0.4) is 0 Å². The molecule has 1 heteroatoms. The van der Waals surface area contributed by atoms with Gasteiger partial charge in [-0.1, -0.05) is 84.9 Å². The summed E-state index contributed by atoms with van der Waals surface area (Å²) in [4.78, 5) is 0. The number of methoxy groups -OCH3 is 1. The first-order chi connectivity index (χ1) is 11.9. The van der Waals surface area contributed by atoms with Crippen molar-refractivity contribution in [1.29, 1.82) is 0 Å². The van der Waals surface area contributed by atoms with Crippen LogP contribution >= 0.6 is 0 Å². The second-order valence-corrected chi connectivity index (χ2v) is 5.77. The molecule has 0 atom stereocenters. The number of fused-ring (bicyclic) bond motifs is 1. The van der Waals surface area contributed by atoms with Gasteiger partial charge >= 0.3 is 0 Å². The molecule has 0 aliphatic heterocycles. The van der Waals surface area contributed by atoms with Gasteiger partial charge in [0, 0.05) is 5.56 Å². The largest absolute Gasteiger partial charge is 0.496 e. The van der Waals surface area contributed by atoms with Gasteiger partial charge in [-0.2, -0.15) is 0 Å². The molecule has 0 bridgehead atoms. The van der Waals surface area contributed by atoms with Crippen LogP contribution in [0.1, 0.15) is 0 Å². The maximum Gasteiger partial charge on any atom is 0.126 e. The molecule has 4 aromatic rings. The molecule has 0 aromatic heterocycles. The monoisotopic (exact) mass is 310 g/mol. The molecule has 0 N–H and O–H groups in total. The van der Waals surface area contributed by atoms with Crippen LogP contribution in [0.15, 0.2) is 91.0 Å². The van der Waals surface area contributed by atoms with E-state index in [9.17, 15) is 0 Å². The van der Waals surface area contributed by atoms with Crippen molar-refractivity contribution in [2.24, 2.45) is 0 Å². The number of rotatable bonds is 3. The zero-order valence-electron chi connectivity index (χ0n) is 13.6. The Balaban J connectivity index is 2.01. The maximum absolute atomic E-state index is 5.56. The van der Waals surface area contributed by atoms with Crippen LogP contribution in [0, 0.1) is 0 Å². The summed E-state index contributed by atoms with van der Waals surface area (Å²) < 4.78 is 5.56. The molecule has 116 valence electrons. The fraction of sp³-hybridized carbons (Fsp3) is 0.0435. The molecule has 0 spiro atoms. The SMILES string of the molecule is COc1ccccc1-c1ccc(-c2ccccc2)c2ccccc12. The van der Waals surface area contributed by atoms with Gasteiger partial charge in [0.2, 0.25) is 0 Å². The average Bonchev–Trinajstić information content (AvgIpc) is 2.68. The molecular formula is C23H18O. The third kappa shape index (κ3) is 2.44. The first-order valence-corrected chi connectivity index (χ1v) is 8.09.